The summed E-state index contributed by atoms with van der Waals surface area (Å²) in [7, 11) is 0. The van der Waals surface area contributed by atoms with Crippen LogP contribution in [0.25, 0.3) is 11.3 Å². The molecular weight excluding hydrogens is 360 g/mol. The Labute approximate surface area is 173 Å². The minimum Gasteiger partial charge on any atom is -0.490 e. The number of aryl methyl sites for hydroxylation is 1. The molecule has 0 saturated carbocycles. The summed E-state index contributed by atoms with van der Waals surface area (Å²) < 4.78 is 5.77. The third-order valence-electron chi connectivity index (χ3n) is 4.48. The predicted octanol–water partition coefficient (Wildman–Crippen LogP) is 5.90. The van der Waals surface area contributed by atoms with E-state index in [1.165, 1.54) is 0 Å². The van der Waals surface area contributed by atoms with Crippen LogP contribution in [0.2, 0.25) is 0 Å². The Hall–Kier alpha value is -3.14. The maximum atomic E-state index is 5.77. The molecule has 3 aromatic rings. The third kappa shape index (κ3) is 6.18. The van der Waals surface area contributed by atoms with E-state index in [4.69, 9.17) is 9.57 Å². The highest BCUT2D eigenvalue weighted by Gasteiger charge is 2.09. The molecule has 0 aliphatic carbocycles. The molecule has 1 heterocycles. The fraction of sp³-hybridized carbons (Fsp3) is 0.280. The molecule has 29 heavy (non-hydrogen) atoms. The molecule has 0 amide bonds. The van der Waals surface area contributed by atoms with Crippen molar-refractivity contribution in [2.24, 2.45) is 11.1 Å². The Morgan fingerprint density at radius 2 is 1.69 bits per heavy atom. The molecule has 4 nitrogen and oxygen atoms in total. The summed E-state index contributed by atoms with van der Waals surface area (Å²) in [4.78, 5) is 9.98. The summed E-state index contributed by atoms with van der Waals surface area (Å²) in [5.41, 5.74) is 5.18. The molecule has 0 unspecified atom stereocenters. The van der Waals surface area contributed by atoms with Gasteiger partial charge in [0.2, 0.25) is 0 Å². The lowest BCUT2D eigenvalue weighted by atomic mass is 9.99. The van der Waals surface area contributed by atoms with Gasteiger partial charge < -0.3 is 9.57 Å². The maximum absolute atomic E-state index is 5.77. The van der Waals surface area contributed by atoms with Crippen LogP contribution in [0.4, 0.5) is 0 Å². The smallest absolute Gasteiger partial charge is 0.151 e. The van der Waals surface area contributed by atoms with Crippen molar-refractivity contribution in [3.05, 3.63) is 84.1 Å². The number of rotatable bonds is 9. The van der Waals surface area contributed by atoms with E-state index >= 15 is 0 Å². The first-order valence-electron chi connectivity index (χ1n) is 10.0. The molecule has 2 aromatic carbocycles. The Kier molecular flexibility index (Phi) is 7.40. The van der Waals surface area contributed by atoms with Crippen molar-refractivity contribution in [1.82, 2.24) is 4.98 Å². The van der Waals surface area contributed by atoms with Crippen molar-refractivity contribution in [2.45, 2.75) is 27.2 Å². The molecule has 0 fully saturated rings. The lowest BCUT2D eigenvalue weighted by molar-refractivity contribution is 0.106. The summed E-state index contributed by atoms with van der Waals surface area (Å²) in [5, 5.41) is 4.41. The zero-order valence-electron chi connectivity index (χ0n) is 17.3. The van der Waals surface area contributed by atoms with E-state index in [0.29, 0.717) is 19.1 Å². The molecule has 3 rings (SSSR count). The summed E-state index contributed by atoms with van der Waals surface area (Å²) in [6.45, 7) is 7.26. The van der Waals surface area contributed by atoms with Crippen molar-refractivity contribution >= 4 is 5.71 Å². The largest absolute Gasteiger partial charge is 0.490 e. The van der Waals surface area contributed by atoms with Crippen molar-refractivity contribution in [1.29, 1.82) is 0 Å². The van der Waals surface area contributed by atoms with Crippen LogP contribution in [-0.4, -0.2) is 23.9 Å². The van der Waals surface area contributed by atoms with Crippen molar-refractivity contribution in [2.75, 3.05) is 13.2 Å². The van der Waals surface area contributed by atoms with Crippen LogP contribution in [-0.2, 0) is 4.84 Å². The first kappa shape index (κ1) is 20.6. The van der Waals surface area contributed by atoms with Gasteiger partial charge >= 0.3 is 0 Å². The molecule has 150 valence electrons. The van der Waals surface area contributed by atoms with E-state index in [2.05, 4.69) is 48.3 Å². The number of aromatic nitrogens is 1. The van der Waals surface area contributed by atoms with Crippen LogP contribution in [0.1, 0.15) is 31.4 Å². The van der Waals surface area contributed by atoms with E-state index in [1.54, 1.807) is 0 Å². The van der Waals surface area contributed by atoms with Gasteiger partial charge in [-0.3, -0.25) is 4.98 Å². The molecule has 0 aliphatic rings. The molecular formula is C25H28N2O2. The van der Waals surface area contributed by atoms with Crippen molar-refractivity contribution in [3.8, 4) is 17.0 Å². The fourth-order valence-electron chi connectivity index (χ4n) is 2.99. The molecule has 0 saturated heterocycles. The van der Waals surface area contributed by atoms with Crippen LogP contribution in [0.3, 0.4) is 0 Å². The minimum absolute atomic E-state index is 0.405. The van der Waals surface area contributed by atoms with Crippen molar-refractivity contribution < 1.29 is 9.57 Å². The highest BCUT2D eigenvalue weighted by Crippen LogP contribution is 2.19. The standard InChI is InChI=1S/C25H28N2O2/c1-19(2)18-24(27-29-17-16-28-25-10-5-4-8-20(25)3)22-13-11-21(12-14-22)23-9-6-7-15-26-23/h4-15,19H,16-18H2,1-3H3. The predicted molar refractivity (Wildman–Crippen MR) is 118 cm³/mol. The van der Waals surface area contributed by atoms with Gasteiger partial charge in [-0.25, -0.2) is 0 Å². The van der Waals surface area contributed by atoms with Gasteiger partial charge in [0.1, 0.15) is 12.4 Å². The zero-order valence-corrected chi connectivity index (χ0v) is 17.3. The van der Waals surface area contributed by atoms with Crippen molar-refractivity contribution in [3.63, 3.8) is 0 Å². The average molecular weight is 389 g/mol. The van der Waals surface area contributed by atoms with Crippen LogP contribution < -0.4 is 4.74 Å². The van der Waals surface area contributed by atoms with Gasteiger partial charge in [-0.15, -0.1) is 0 Å². The molecule has 0 N–H and O–H groups in total. The SMILES string of the molecule is Cc1ccccc1OCCON=C(CC(C)C)c1ccc(-c2ccccn2)cc1. The second kappa shape index (κ2) is 10.4. The normalized spacial score (nSPS) is 11.5. The molecule has 0 aliphatic heterocycles. The Bertz CT molecular complexity index is 919. The Balaban J connectivity index is 1.62. The topological polar surface area (TPSA) is 43.7 Å². The molecule has 4 heteroatoms. The Morgan fingerprint density at radius 1 is 0.931 bits per heavy atom. The first-order valence-corrected chi connectivity index (χ1v) is 10.0. The summed E-state index contributed by atoms with van der Waals surface area (Å²) >= 11 is 0. The number of para-hydroxylation sites is 1. The zero-order chi connectivity index (χ0) is 20.5. The van der Waals surface area contributed by atoms with E-state index < -0.39 is 0 Å². The van der Waals surface area contributed by atoms with E-state index in [-0.39, 0.29) is 0 Å². The van der Waals surface area contributed by atoms with Crippen LogP contribution in [0, 0.1) is 12.8 Å². The van der Waals surface area contributed by atoms with Gasteiger partial charge in [-0.1, -0.05) is 67.5 Å². The second-order valence-electron chi connectivity index (χ2n) is 7.38. The van der Waals surface area contributed by atoms with Crippen LogP contribution in [0.15, 0.2) is 78.1 Å². The van der Waals surface area contributed by atoms with Gasteiger partial charge in [0.05, 0.1) is 11.4 Å². The summed E-state index contributed by atoms with van der Waals surface area (Å²) in [6, 6.07) is 22.2. The molecule has 0 bridgehead atoms. The van der Waals surface area contributed by atoms with E-state index in [9.17, 15) is 0 Å². The van der Waals surface area contributed by atoms with E-state index in [1.807, 2.05) is 55.6 Å². The quantitative estimate of drug-likeness (QED) is 0.260. The lowest BCUT2D eigenvalue weighted by Crippen LogP contribution is -2.09. The van der Waals surface area contributed by atoms with Gasteiger partial charge in [-0.05, 0) is 48.6 Å². The number of nitrogens with zero attached hydrogens (tertiary/aromatic N) is 2. The molecule has 0 atom stereocenters. The van der Waals surface area contributed by atoms with Gasteiger partial charge in [-0.2, -0.15) is 0 Å². The molecule has 1 aromatic heterocycles. The number of hydrogen-bond donors (Lipinski definition) is 0. The van der Waals surface area contributed by atoms with Gasteiger partial charge in [0, 0.05) is 11.8 Å². The van der Waals surface area contributed by atoms with Crippen LogP contribution >= 0.6 is 0 Å². The second-order valence-corrected chi connectivity index (χ2v) is 7.38. The summed E-state index contributed by atoms with van der Waals surface area (Å²) in [5.74, 6) is 1.36. The fourth-order valence-corrected chi connectivity index (χ4v) is 2.99. The maximum Gasteiger partial charge on any atom is 0.151 e. The molecule has 0 spiro atoms. The summed E-state index contributed by atoms with van der Waals surface area (Å²) in [6.07, 6.45) is 2.66. The van der Waals surface area contributed by atoms with E-state index in [0.717, 1.165) is 40.3 Å². The highest BCUT2D eigenvalue weighted by atomic mass is 16.6. The number of pyridine rings is 1. The van der Waals surface area contributed by atoms with Gasteiger partial charge in [0.15, 0.2) is 6.61 Å². The lowest BCUT2D eigenvalue weighted by Gasteiger charge is -2.11. The number of hydrogen-bond acceptors (Lipinski definition) is 4. The molecule has 0 radical (unpaired) electrons. The number of benzene rings is 2. The minimum atomic E-state index is 0.405. The van der Waals surface area contributed by atoms with Crippen LogP contribution in [0.5, 0.6) is 5.75 Å². The third-order valence-corrected chi connectivity index (χ3v) is 4.48. The van der Waals surface area contributed by atoms with Gasteiger partial charge in [0.25, 0.3) is 0 Å². The average Bonchev–Trinajstić information content (AvgIpc) is 2.74. The highest BCUT2D eigenvalue weighted by molar-refractivity contribution is 6.00. The Morgan fingerprint density at radius 3 is 2.38 bits per heavy atom. The monoisotopic (exact) mass is 388 g/mol. The first-order chi connectivity index (χ1) is 14.1. The number of oxime groups is 1. The number of ether oxygens (including phenoxy) is 1.